The molecule has 2 aromatic heterocycles. The number of nitrogens with one attached hydrogen (secondary N) is 1. The van der Waals surface area contributed by atoms with E-state index in [0.29, 0.717) is 5.92 Å². The molecule has 1 N–H and O–H groups in total. The van der Waals surface area contributed by atoms with Crippen LogP contribution in [-0.4, -0.2) is 28.2 Å². The highest BCUT2D eigenvalue weighted by Gasteiger charge is 2.22. The minimum absolute atomic E-state index is 0.626. The molecule has 3 heterocycles. The first kappa shape index (κ1) is 11.9. The van der Waals surface area contributed by atoms with Crippen molar-refractivity contribution in [1.82, 2.24) is 15.1 Å². The second kappa shape index (κ2) is 5.24. The Morgan fingerprint density at radius 1 is 1.50 bits per heavy atom. The zero-order chi connectivity index (χ0) is 12.4. The van der Waals surface area contributed by atoms with Crippen LogP contribution in [-0.2, 0) is 6.54 Å². The highest BCUT2D eigenvalue weighted by Crippen LogP contribution is 2.27. The van der Waals surface area contributed by atoms with E-state index in [4.69, 9.17) is 0 Å². The second-order valence-electron chi connectivity index (χ2n) is 5.11. The number of hydrogen-bond donors (Lipinski definition) is 1. The molecule has 96 valence electrons. The molecular formula is C14H19N3S. The maximum absolute atomic E-state index is 4.07. The van der Waals surface area contributed by atoms with Gasteiger partial charge >= 0.3 is 0 Å². The van der Waals surface area contributed by atoms with Crippen LogP contribution in [0.15, 0.2) is 23.7 Å². The molecular weight excluding hydrogens is 242 g/mol. The molecule has 1 aliphatic heterocycles. The van der Waals surface area contributed by atoms with E-state index in [1.165, 1.54) is 35.5 Å². The van der Waals surface area contributed by atoms with Gasteiger partial charge in [-0.05, 0) is 49.4 Å². The lowest BCUT2D eigenvalue weighted by molar-refractivity contribution is 0.200. The van der Waals surface area contributed by atoms with Gasteiger partial charge in [-0.2, -0.15) is 5.10 Å². The van der Waals surface area contributed by atoms with Crippen molar-refractivity contribution in [2.45, 2.75) is 32.2 Å². The number of aromatic nitrogens is 2. The Bertz CT molecular complexity index is 489. The average molecular weight is 261 g/mol. The number of rotatable bonds is 3. The van der Waals surface area contributed by atoms with Gasteiger partial charge in [-0.25, -0.2) is 0 Å². The number of likely N-dealkylation sites (tertiary alicyclic amines) is 1. The number of aromatic amines is 1. The van der Waals surface area contributed by atoms with Gasteiger partial charge in [0.15, 0.2) is 0 Å². The normalized spacial score (nSPS) is 21.3. The third-order valence-corrected chi connectivity index (χ3v) is 4.81. The van der Waals surface area contributed by atoms with E-state index in [-0.39, 0.29) is 0 Å². The van der Waals surface area contributed by atoms with E-state index in [2.05, 4.69) is 39.5 Å². The molecule has 0 aromatic carbocycles. The summed E-state index contributed by atoms with van der Waals surface area (Å²) in [4.78, 5) is 4.09. The van der Waals surface area contributed by atoms with Gasteiger partial charge in [0.1, 0.15) is 0 Å². The van der Waals surface area contributed by atoms with E-state index in [9.17, 15) is 0 Å². The van der Waals surface area contributed by atoms with Crippen LogP contribution in [0.5, 0.6) is 0 Å². The quantitative estimate of drug-likeness (QED) is 0.920. The molecule has 1 aliphatic rings. The van der Waals surface area contributed by atoms with Gasteiger partial charge < -0.3 is 0 Å². The number of H-pyrrole nitrogens is 1. The van der Waals surface area contributed by atoms with Crippen LogP contribution < -0.4 is 0 Å². The molecule has 4 heteroatoms. The fraction of sp³-hybridized carbons (Fsp3) is 0.500. The predicted molar refractivity (Wildman–Crippen MR) is 74.9 cm³/mol. The maximum atomic E-state index is 4.07. The highest BCUT2D eigenvalue weighted by molar-refractivity contribution is 7.10. The molecule has 1 fully saturated rings. The lowest BCUT2D eigenvalue weighted by atomic mass is 9.95. The Labute approximate surface area is 112 Å². The van der Waals surface area contributed by atoms with Gasteiger partial charge in [0, 0.05) is 35.8 Å². The lowest BCUT2D eigenvalue weighted by Crippen LogP contribution is -2.33. The lowest BCUT2D eigenvalue weighted by Gasteiger charge is -2.32. The molecule has 1 saturated heterocycles. The molecule has 1 atom stereocenters. The molecule has 0 bridgehead atoms. The van der Waals surface area contributed by atoms with E-state index >= 15 is 0 Å². The first-order valence-electron chi connectivity index (χ1n) is 6.57. The Morgan fingerprint density at radius 3 is 3.17 bits per heavy atom. The number of piperidine rings is 1. The van der Waals surface area contributed by atoms with Crippen LogP contribution in [0.1, 0.15) is 34.9 Å². The van der Waals surface area contributed by atoms with E-state index in [1.807, 2.05) is 17.5 Å². The van der Waals surface area contributed by atoms with Gasteiger partial charge in [-0.3, -0.25) is 10.00 Å². The number of nitrogens with zero attached hydrogens (tertiary/aromatic N) is 2. The van der Waals surface area contributed by atoms with Gasteiger partial charge in [-0.15, -0.1) is 11.3 Å². The maximum Gasteiger partial charge on any atom is 0.0490 e. The summed E-state index contributed by atoms with van der Waals surface area (Å²) in [5.74, 6) is 0.626. The van der Waals surface area contributed by atoms with Gasteiger partial charge in [0.25, 0.3) is 0 Å². The van der Waals surface area contributed by atoms with Crippen LogP contribution in [0.3, 0.4) is 0 Å². The van der Waals surface area contributed by atoms with E-state index in [0.717, 1.165) is 13.1 Å². The topological polar surface area (TPSA) is 31.9 Å². The van der Waals surface area contributed by atoms with Gasteiger partial charge in [-0.1, -0.05) is 0 Å². The molecule has 1 unspecified atom stereocenters. The van der Waals surface area contributed by atoms with Crippen molar-refractivity contribution in [3.8, 4) is 0 Å². The van der Waals surface area contributed by atoms with Crippen molar-refractivity contribution in [3.05, 3.63) is 39.8 Å². The predicted octanol–water partition coefficient (Wildman–Crippen LogP) is 3.16. The fourth-order valence-electron chi connectivity index (χ4n) is 2.72. The Morgan fingerprint density at radius 2 is 2.44 bits per heavy atom. The largest absolute Gasteiger partial charge is 0.298 e. The molecule has 3 rings (SSSR count). The standard InChI is InChI=1S/C14H19N3S/c1-11-5-8-18-14(11)10-17-7-2-3-12(9-17)13-4-6-15-16-13/h4-6,8,12H,2-3,7,9-10H2,1H3,(H,15,16). The third kappa shape index (κ3) is 2.49. The Hall–Kier alpha value is -1.13. The molecule has 18 heavy (non-hydrogen) atoms. The number of hydrogen-bond acceptors (Lipinski definition) is 3. The molecule has 2 aromatic rings. The van der Waals surface area contributed by atoms with Crippen LogP contribution in [0.4, 0.5) is 0 Å². The summed E-state index contributed by atoms with van der Waals surface area (Å²) < 4.78 is 0. The average Bonchev–Trinajstić information content (AvgIpc) is 3.02. The summed E-state index contributed by atoms with van der Waals surface area (Å²) >= 11 is 1.88. The molecule has 0 spiro atoms. The van der Waals surface area contributed by atoms with Crippen LogP contribution in [0, 0.1) is 6.92 Å². The van der Waals surface area contributed by atoms with Crippen molar-refractivity contribution in [2.24, 2.45) is 0 Å². The number of aryl methyl sites for hydroxylation is 1. The van der Waals surface area contributed by atoms with E-state index in [1.54, 1.807) is 0 Å². The van der Waals surface area contributed by atoms with Crippen LogP contribution in [0.25, 0.3) is 0 Å². The van der Waals surface area contributed by atoms with Crippen molar-refractivity contribution >= 4 is 11.3 Å². The minimum Gasteiger partial charge on any atom is -0.298 e. The van der Waals surface area contributed by atoms with E-state index < -0.39 is 0 Å². The Balaban J connectivity index is 1.66. The van der Waals surface area contributed by atoms with Crippen molar-refractivity contribution in [1.29, 1.82) is 0 Å². The highest BCUT2D eigenvalue weighted by atomic mass is 32.1. The van der Waals surface area contributed by atoms with Crippen molar-refractivity contribution in [2.75, 3.05) is 13.1 Å². The second-order valence-corrected chi connectivity index (χ2v) is 6.11. The van der Waals surface area contributed by atoms with Crippen molar-refractivity contribution in [3.63, 3.8) is 0 Å². The van der Waals surface area contributed by atoms with Gasteiger partial charge in [0.2, 0.25) is 0 Å². The summed E-state index contributed by atoms with van der Waals surface area (Å²) in [6.45, 7) is 5.69. The zero-order valence-electron chi connectivity index (χ0n) is 10.7. The summed E-state index contributed by atoms with van der Waals surface area (Å²) in [6.07, 6.45) is 4.42. The summed E-state index contributed by atoms with van der Waals surface area (Å²) in [5, 5.41) is 9.39. The molecule has 3 nitrogen and oxygen atoms in total. The molecule has 0 saturated carbocycles. The van der Waals surface area contributed by atoms with Gasteiger partial charge in [0.05, 0.1) is 0 Å². The molecule has 0 aliphatic carbocycles. The summed E-state index contributed by atoms with van der Waals surface area (Å²) in [5.41, 5.74) is 2.73. The van der Waals surface area contributed by atoms with Crippen LogP contribution in [0.2, 0.25) is 0 Å². The summed E-state index contributed by atoms with van der Waals surface area (Å²) in [7, 11) is 0. The minimum atomic E-state index is 0.626. The fourth-order valence-corrected chi connectivity index (χ4v) is 3.66. The van der Waals surface area contributed by atoms with Crippen molar-refractivity contribution < 1.29 is 0 Å². The Kier molecular flexibility index (Phi) is 3.48. The first-order valence-corrected chi connectivity index (χ1v) is 7.45. The van der Waals surface area contributed by atoms with Crippen LogP contribution >= 0.6 is 11.3 Å². The zero-order valence-corrected chi connectivity index (χ0v) is 11.5. The molecule has 0 radical (unpaired) electrons. The monoisotopic (exact) mass is 261 g/mol. The SMILES string of the molecule is Cc1ccsc1CN1CCCC(c2ccn[nH]2)C1. The molecule has 0 amide bonds. The summed E-state index contributed by atoms with van der Waals surface area (Å²) in [6, 6.07) is 4.33. The first-order chi connectivity index (χ1) is 8.83. The number of thiophene rings is 1. The smallest absolute Gasteiger partial charge is 0.0490 e. The third-order valence-electron chi connectivity index (χ3n) is 3.80.